The van der Waals surface area contributed by atoms with Gasteiger partial charge in [-0.2, -0.15) is 0 Å². The SMILES string of the molecule is CSc1cn(C2CCCOC2)c2ncccc12. The fraction of sp³-hybridized carbons (Fsp3) is 0.462. The van der Waals surface area contributed by atoms with Gasteiger partial charge in [0, 0.05) is 29.3 Å². The number of ether oxygens (including phenoxy) is 1. The van der Waals surface area contributed by atoms with E-state index in [0.717, 1.165) is 25.3 Å². The van der Waals surface area contributed by atoms with Crippen LogP contribution in [-0.4, -0.2) is 29.0 Å². The maximum atomic E-state index is 5.57. The second-order valence-corrected chi connectivity index (χ2v) is 5.20. The molecule has 0 N–H and O–H groups in total. The molecular weight excluding hydrogens is 232 g/mol. The molecule has 0 amide bonds. The first-order valence-electron chi connectivity index (χ1n) is 5.97. The van der Waals surface area contributed by atoms with Gasteiger partial charge in [-0.05, 0) is 31.2 Å². The second kappa shape index (κ2) is 4.70. The molecular formula is C13H16N2OS. The van der Waals surface area contributed by atoms with Crippen LogP contribution in [0.4, 0.5) is 0 Å². The standard InChI is InChI=1S/C13H16N2OS/c1-17-12-8-15(10-4-3-7-16-9-10)13-11(12)5-2-6-14-13/h2,5-6,8,10H,3-4,7,9H2,1H3. The second-order valence-electron chi connectivity index (χ2n) is 4.35. The molecule has 0 radical (unpaired) electrons. The molecule has 1 fully saturated rings. The summed E-state index contributed by atoms with van der Waals surface area (Å²) in [4.78, 5) is 5.82. The molecule has 3 heterocycles. The van der Waals surface area contributed by atoms with Gasteiger partial charge in [-0.3, -0.25) is 0 Å². The van der Waals surface area contributed by atoms with Crippen LogP contribution in [0.25, 0.3) is 11.0 Å². The Morgan fingerprint density at radius 1 is 1.53 bits per heavy atom. The van der Waals surface area contributed by atoms with E-state index < -0.39 is 0 Å². The van der Waals surface area contributed by atoms with Crippen molar-refractivity contribution < 1.29 is 4.74 Å². The van der Waals surface area contributed by atoms with Gasteiger partial charge in [-0.15, -0.1) is 11.8 Å². The van der Waals surface area contributed by atoms with Crippen LogP contribution in [0.3, 0.4) is 0 Å². The zero-order valence-electron chi connectivity index (χ0n) is 9.93. The Labute approximate surface area is 105 Å². The maximum absolute atomic E-state index is 5.57. The summed E-state index contributed by atoms with van der Waals surface area (Å²) in [6.07, 6.45) is 8.54. The van der Waals surface area contributed by atoms with Gasteiger partial charge in [0.1, 0.15) is 5.65 Å². The molecule has 17 heavy (non-hydrogen) atoms. The molecule has 0 saturated carbocycles. The molecule has 4 heteroatoms. The molecule has 1 aliphatic rings. The zero-order chi connectivity index (χ0) is 11.7. The highest BCUT2D eigenvalue weighted by atomic mass is 32.2. The van der Waals surface area contributed by atoms with E-state index in [9.17, 15) is 0 Å². The van der Waals surface area contributed by atoms with E-state index in [1.807, 2.05) is 12.3 Å². The molecule has 3 rings (SSSR count). The summed E-state index contributed by atoms with van der Waals surface area (Å²) in [5.74, 6) is 0. The smallest absolute Gasteiger partial charge is 0.141 e. The number of rotatable bonds is 2. The van der Waals surface area contributed by atoms with Crippen LogP contribution in [0, 0.1) is 0 Å². The quantitative estimate of drug-likeness (QED) is 0.764. The van der Waals surface area contributed by atoms with Crippen molar-refractivity contribution in [1.82, 2.24) is 9.55 Å². The minimum Gasteiger partial charge on any atom is -0.379 e. The summed E-state index contributed by atoms with van der Waals surface area (Å²) >= 11 is 1.78. The van der Waals surface area contributed by atoms with Crippen molar-refractivity contribution >= 4 is 22.8 Å². The van der Waals surface area contributed by atoms with E-state index in [4.69, 9.17) is 4.74 Å². The molecule has 2 aromatic rings. The highest BCUT2D eigenvalue weighted by Gasteiger charge is 2.19. The summed E-state index contributed by atoms with van der Waals surface area (Å²) in [7, 11) is 0. The van der Waals surface area contributed by atoms with E-state index in [1.54, 1.807) is 11.8 Å². The normalized spacial score (nSPS) is 20.9. The maximum Gasteiger partial charge on any atom is 0.141 e. The van der Waals surface area contributed by atoms with E-state index >= 15 is 0 Å². The van der Waals surface area contributed by atoms with Gasteiger partial charge >= 0.3 is 0 Å². The van der Waals surface area contributed by atoms with E-state index in [0.29, 0.717) is 6.04 Å². The van der Waals surface area contributed by atoms with Crippen LogP contribution in [0.2, 0.25) is 0 Å². The number of aromatic nitrogens is 2. The van der Waals surface area contributed by atoms with Crippen molar-refractivity contribution in [3.8, 4) is 0 Å². The van der Waals surface area contributed by atoms with Crippen molar-refractivity contribution in [3.63, 3.8) is 0 Å². The molecule has 0 aliphatic carbocycles. The Hall–Kier alpha value is -1.00. The predicted molar refractivity (Wildman–Crippen MR) is 70.6 cm³/mol. The van der Waals surface area contributed by atoms with Gasteiger partial charge in [0.05, 0.1) is 12.6 Å². The molecule has 1 unspecified atom stereocenters. The van der Waals surface area contributed by atoms with Crippen molar-refractivity contribution in [2.24, 2.45) is 0 Å². The van der Waals surface area contributed by atoms with Crippen LogP contribution in [0.15, 0.2) is 29.4 Å². The number of thioether (sulfide) groups is 1. The minimum absolute atomic E-state index is 0.446. The summed E-state index contributed by atoms with van der Waals surface area (Å²) in [6, 6.07) is 4.60. The lowest BCUT2D eigenvalue weighted by molar-refractivity contribution is 0.0604. The van der Waals surface area contributed by atoms with Crippen LogP contribution in [0.1, 0.15) is 18.9 Å². The first-order chi connectivity index (χ1) is 8.40. The first kappa shape index (κ1) is 11.1. The summed E-state index contributed by atoms with van der Waals surface area (Å²) < 4.78 is 7.86. The van der Waals surface area contributed by atoms with Crippen LogP contribution in [-0.2, 0) is 4.74 Å². The van der Waals surface area contributed by atoms with Crippen molar-refractivity contribution in [2.75, 3.05) is 19.5 Å². The molecule has 0 bridgehead atoms. The zero-order valence-corrected chi connectivity index (χ0v) is 10.7. The topological polar surface area (TPSA) is 27.1 Å². The molecule has 0 aromatic carbocycles. The number of hydrogen-bond acceptors (Lipinski definition) is 3. The van der Waals surface area contributed by atoms with Gasteiger partial charge in [-0.1, -0.05) is 0 Å². The number of nitrogens with zero attached hydrogens (tertiary/aromatic N) is 2. The monoisotopic (exact) mass is 248 g/mol. The minimum atomic E-state index is 0.446. The Balaban J connectivity index is 2.08. The van der Waals surface area contributed by atoms with Crippen LogP contribution >= 0.6 is 11.8 Å². The number of pyridine rings is 1. The molecule has 1 aliphatic heterocycles. The van der Waals surface area contributed by atoms with Gasteiger partial charge in [0.15, 0.2) is 0 Å². The third kappa shape index (κ3) is 1.96. The largest absolute Gasteiger partial charge is 0.379 e. The summed E-state index contributed by atoms with van der Waals surface area (Å²) in [6.45, 7) is 1.71. The van der Waals surface area contributed by atoms with E-state index in [1.165, 1.54) is 16.7 Å². The molecule has 0 spiro atoms. The predicted octanol–water partition coefficient (Wildman–Crippen LogP) is 3.11. The van der Waals surface area contributed by atoms with Gasteiger partial charge < -0.3 is 9.30 Å². The lowest BCUT2D eigenvalue weighted by Crippen LogP contribution is -2.20. The fourth-order valence-corrected chi connectivity index (χ4v) is 3.03. The van der Waals surface area contributed by atoms with Crippen molar-refractivity contribution in [1.29, 1.82) is 0 Å². The highest BCUT2D eigenvalue weighted by molar-refractivity contribution is 7.98. The van der Waals surface area contributed by atoms with Crippen LogP contribution < -0.4 is 0 Å². The Morgan fingerprint density at radius 3 is 3.24 bits per heavy atom. The Kier molecular flexibility index (Phi) is 3.07. The van der Waals surface area contributed by atoms with Gasteiger partial charge in [0.25, 0.3) is 0 Å². The molecule has 90 valence electrons. The number of hydrogen-bond donors (Lipinski definition) is 0. The van der Waals surface area contributed by atoms with Crippen molar-refractivity contribution in [3.05, 3.63) is 24.5 Å². The van der Waals surface area contributed by atoms with E-state index in [-0.39, 0.29) is 0 Å². The van der Waals surface area contributed by atoms with Gasteiger partial charge in [0.2, 0.25) is 0 Å². The van der Waals surface area contributed by atoms with Crippen LogP contribution in [0.5, 0.6) is 0 Å². The molecule has 1 saturated heterocycles. The number of fused-ring (bicyclic) bond motifs is 1. The Bertz CT molecular complexity index is 517. The summed E-state index contributed by atoms with van der Waals surface area (Å²) in [5.41, 5.74) is 1.09. The third-order valence-electron chi connectivity index (χ3n) is 3.30. The van der Waals surface area contributed by atoms with Crippen molar-refractivity contribution in [2.45, 2.75) is 23.8 Å². The van der Waals surface area contributed by atoms with Gasteiger partial charge in [-0.25, -0.2) is 4.98 Å². The Morgan fingerprint density at radius 2 is 2.47 bits per heavy atom. The molecule has 3 nitrogen and oxygen atoms in total. The highest BCUT2D eigenvalue weighted by Crippen LogP contribution is 2.31. The summed E-state index contributed by atoms with van der Waals surface area (Å²) in [5, 5.41) is 1.26. The lowest BCUT2D eigenvalue weighted by Gasteiger charge is -2.23. The van der Waals surface area contributed by atoms with E-state index in [2.05, 4.69) is 28.1 Å². The third-order valence-corrected chi connectivity index (χ3v) is 4.07. The first-order valence-corrected chi connectivity index (χ1v) is 7.20. The fourth-order valence-electron chi connectivity index (χ4n) is 2.44. The average molecular weight is 248 g/mol. The molecule has 1 atom stereocenters. The lowest BCUT2D eigenvalue weighted by atomic mass is 10.1. The average Bonchev–Trinajstić information content (AvgIpc) is 2.78. The molecule has 2 aromatic heterocycles.